The van der Waals surface area contributed by atoms with Gasteiger partial charge in [0, 0.05) is 49.5 Å². The molecule has 1 unspecified atom stereocenters. The quantitative estimate of drug-likeness (QED) is 0.657. The number of amides is 1. The van der Waals surface area contributed by atoms with Crippen LogP contribution in [0.15, 0.2) is 42.9 Å². The van der Waals surface area contributed by atoms with E-state index in [1.807, 2.05) is 54.8 Å². The summed E-state index contributed by atoms with van der Waals surface area (Å²) in [5, 5.41) is 7.64. The number of carbonyl (C=O) groups excluding carboxylic acids is 1. The number of nitrogens with one attached hydrogen (secondary N) is 1. The average molecular weight is 403 g/mol. The van der Waals surface area contributed by atoms with E-state index in [9.17, 15) is 4.79 Å². The summed E-state index contributed by atoms with van der Waals surface area (Å²) in [7, 11) is 1.90. The van der Waals surface area contributed by atoms with Gasteiger partial charge in [0.2, 0.25) is 5.91 Å². The molecule has 1 amide bonds. The molecule has 0 spiro atoms. The van der Waals surface area contributed by atoms with Crippen molar-refractivity contribution in [3.63, 3.8) is 0 Å². The normalized spacial score (nSPS) is 16.4. The molecule has 154 valence electrons. The highest BCUT2D eigenvalue weighted by Crippen LogP contribution is 2.34. The van der Waals surface area contributed by atoms with Crippen LogP contribution in [0.1, 0.15) is 41.5 Å². The van der Waals surface area contributed by atoms with Crippen LogP contribution >= 0.6 is 0 Å². The SMILES string of the molecule is Cc1nn(C)c(C)c1C=CC(=O)N1CCCC1c1nccnc1Nc1ccccn1. The third-order valence-electron chi connectivity index (χ3n) is 5.45. The van der Waals surface area contributed by atoms with E-state index in [4.69, 9.17) is 0 Å². The molecule has 4 rings (SSSR count). The fourth-order valence-electron chi connectivity index (χ4n) is 3.84. The van der Waals surface area contributed by atoms with Crippen LogP contribution in [-0.2, 0) is 11.8 Å². The predicted molar refractivity (Wildman–Crippen MR) is 115 cm³/mol. The smallest absolute Gasteiger partial charge is 0.247 e. The summed E-state index contributed by atoms with van der Waals surface area (Å²) < 4.78 is 1.83. The number of pyridine rings is 1. The van der Waals surface area contributed by atoms with E-state index < -0.39 is 0 Å². The minimum absolute atomic E-state index is 0.0328. The van der Waals surface area contributed by atoms with Gasteiger partial charge in [-0.1, -0.05) is 6.07 Å². The van der Waals surface area contributed by atoms with E-state index in [1.54, 1.807) is 24.7 Å². The van der Waals surface area contributed by atoms with Gasteiger partial charge in [-0.15, -0.1) is 0 Å². The Morgan fingerprint density at radius 2 is 2.00 bits per heavy atom. The van der Waals surface area contributed by atoms with Crippen molar-refractivity contribution in [3.05, 3.63) is 65.5 Å². The number of carbonyl (C=O) groups is 1. The van der Waals surface area contributed by atoms with Crippen molar-refractivity contribution < 1.29 is 4.79 Å². The average Bonchev–Trinajstić information content (AvgIpc) is 3.33. The highest BCUT2D eigenvalue weighted by Gasteiger charge is 2.32. The summed E-state index contributed by atoms with van der Waals surface area (Å²) >= 11 is 0. The van der Waals surface area contributed by atoms with Crippen LogP contribution in [0.4, 0.5) is 11.6 Å². The molecule has 1 N–H and O–H groups in total. The molecule has 0 aromatic carbocycles. The van der Waals surface area contributed by atoms with E-state index in [2.05, 4.69) is 25.4 Å². The number of aryl methyl sites for hydroxylation is 2. The largest absolute Gasteiger partial charge is 0.330 e. The summed E-state index contributed by atoms with van der Waals surface area (Å²) in [6, 6.07) is 5.51. The number of hydrogen-bond acceptors (Lipinski definition) is 6. The first kappa shape index (κ1) is 19.8. The molecule has 3 aromatic rings. The zero-order valence-corrected chi connectivity index (χ0v) is 17.4. The number of hydrogen-bond donors (Lipinski definition) is 1. The van der Waals surface area contributed by atoms with Crippen LogP contribution in [0.25, 0.3) is 6.08 Å². The summed E-state index contributed by atoms with van der Waals surface area (Å²) in [5.41, 5.74) is 3.69. The van der Waals surface area contributed by atoms with Gasteiger partial charge in [-0.3, -0.25) is 14.5 Å². The molecule has 8 nitrogen and oxygen atoms in total. The number of likely N-dealkylation sites (tertiary alicyclic amines) is 1. The van der Waals surface area contributed by atoms with Crippen LogP contribution in [-0.4, -0.2) is 42.1 Å². The molecule has 1 saturated heterocycles. The molecule has 0 aliphatic carbocycles. The van der Waals surface area contributed by atoms with E-state index in [0.717, 1.165) is 35.5 Å². The van der Waals surface area contributed by atoms with Crippen molar-refractivity contribution in [2.45, 2.75) is 32.7 Å². The Hall–Kier alpha value is -3.55. The molecule has 1 fully saturated rings. The second-order valence-corrected chi connectivity index (χ2v) is 7.36. The predicted octanol–water partition coefficient (Wildman–Crippen LogP) is 3.34. The van der Waals surface area contributed by atoms with Gasteiger partial charge in [0.1, 0.15) is 11.5 Å². The second kappa shape index (κ2) is 8.44. The minimum atomic E-state index is -0.127. The standard InChI is InChI=1S/C22H25N7O/c1-15-17(16(2)28(3)27-15)9-10-20(30)29-14-6-7-18(29)21-22(25-13-12-24-21)26-19-8-4-5-11-23-19/h4-5,8-13,18H,6-7,14H2,1-3H3,(H,23,25,26). The van der Waals surface area contributed by atoms with Gasteiger partial charge in [0.15, 0.2) is 5.82 Å². The lowest BCUT2D eigenvalue weighted by Crippen LogP contribution is -2.30. The zero-order chi connectivity index (χ0) is 21.1. The maximum Gasteiger partial charge on any atom is 0.247 e. The molecule has 1 atom stereocenters. The molecule has 8 heteroatoms. The monoisotopic (exact) mass is 403 g/mol. The van der Waals surface area contributed by atoms with Crippen molar-refractivity contribution in [1.82, 2.24) is 29.6 Å². The lowest BCUT2D eigenvalue weighted by atomic mass is 10.1. The van der Waals surface area contributed by atoms with Crippen LogP contribution in [0, 0.1) is 13.8 Å². The first-order valence-electron chi connectivity index (χ1n) is 10.0. The Morgan fingerprint density at radius 3 is 2.73 bits per heavy atom. The lowest BCUT2D eigenvalue weighted by molar-refractivity contribution is -0.126. The molecular weight excluding hydrogens is 378 g/mol. The van der Waals surface area contributed by atoms with E-state index in [-0.39, 0.29) is 11.9 Å². The maximum absolute atomic E-state index is 13.0. The second-order valence-electron chi connectivity index (χ2n) is 7.36. The van der Waals surface area contributed by atoms with Crippen LogP contribution in [0.3, 0.4) is 0 Å². The summed E-state index contributed by atoms with van der Waals surface area (Å²) in [6.45, 7) is 4.64. The van der Waals surface area contributed by atoms with Gasteiger partial charge in [-0.2, -0.15) is 5.10 Å². The molecule has 0 radical (unpaired) electrons. The third kappa shape index (κ3) is 3.94. The summed E-state index contributed by atoms with van der Waals surface area (Å²) in [4.78, 5) is 28.2. The summed E-state index contributed by atoms with van der Waals surface area (Å²) in [6.07, 6.45) is 10.3. The lowest BCUT2D eigenvalue weighted by Gasteiger charge is -2.24. The van der Waals surface area contributed by atoms with Crippen LogP contribution in [0.5, 0.6) is 0 Å². The Bertz CT molecular complexity index is 1070. The topological polar surface area (TPSA) is 88.8 Å². The number of anilines is 2. The van der Waals surface area contributed by atoms with Gasteiger partial charge in [-0.25, -0.2) is 9.97 Å². The Balaban J connectivity index is 1.57. The van der Waals surface area contributed by atoms with Crippen molar-refractivity contribution >= 4 is 23.6 Å². The van der Waals surface area contributed by atoms with Crippen molar-refractivity contribution in [2.24, 2.45) is 7.05 Å². The molecule has 1 aliphatic rings. The first-order chi connectivity index (χ1) is 14.5. The third-order valence-corrected chi connectivity index (χ3v) is 5.45. The number of aromatic nitrogens is 5. The highest BCUT2D eigenvalue weighted by atomic mass is 16.2. The number of nitrogens with zero attached hydrogens (tertiary/aromatic N) is 6. The first-order valence-corrected chi connectivity index (χ1v) is 10.0. The molecule has 1 aliphatic heterocycles. The summed E-state index contributed by atoms with van der Waals surface area (Å²) in [5.74, 6) is 1.29. The van der Waals surface area contributed by atoms with E-state index in [1.165, 1.54) is 0 Å². The van der Waals surface area contributed by atoms with Gasteiger partial charge in [0.25, 0.3) is 0 Å². The minimum Gasteiger partial charge on any atom is -0.330 e. The number of rotatable bonds is 5. The van der Waals surface area contributed by atoms with Gasteiger partial charge >= 0.3 is 0 Å². The van der Waals surface area contributed by atoms with Crippen molar-refractivity contribution in [1.29, 1.82) is 0 Å². The van der Waals surface area contributed by atoms with Gasteiger partial charge < -0.3 is 10.2 Å². The fourth-order valence-corrected chi connectivity index (χ4v) is 3.84. The van der Waals surface area contributed by atoms with Gasteiger partial charge in [-0.05, 0) is 44.9 Å². The molecular formula is C22H25N7O. The molecule has 0 saturated carbocycles. The molecule has 30 heavy (non-hydrogen) atoms. The maximum atomic E-state index is 13.0. The van der Waals surface area contributed by atoms with Gasteiger partial charge in [0.05, 0.1) is 11.7 Å². The zero-order valence-electron chi connectivity index (χ0n) is 17.4. The molecule has 4 heterocycles. The van der Waals surface area contributed by atoms with E-state index >= 15 is 0 Å². The van der Waals surface area contributed by atoms with Crippen molar-refractivity contribution in [3.8, 4) is 0 Å². The van der Waals surface area contributed by atoms with Crippen molar-refractivity contribution in [2.75, 3.05) is 11.9 Å². The van der Waals surface area contributed by atoms with Crippen LogP contribution in [0.2, 0.25) is 0 Å². The van der Waals surface area contributed by atoms with Crippen LogP contribution < -0.4 is 5.32 Å². The van der Waals surface area contributed by atoms with E-state index in [0.29, 0.717) is 18.2 Å². The Labute approximate surface area is 175 Å². The Morgan fingerprint density at radius 1 is 1.17 bits per heavy atom. The Kier molecular flexibility index (Phi) is 5.56. The fraction of sp³-hybridized carbons (Fsp3) is 0.318. The highest BCUT2D eigenvalue weighted by molar-refractivity contribution is 5.92. The molecule has 0 bridgehead atoms. The molecule has 3 aromatic heterocycles.